The summed E-state index contributed by atoms with van der Waals surface area (Å²) >= 11 is 1.59. The maximum atomic E-state index is 5.79. The van der Waals surface area contributed by atoms with Crippen molar-refractivity contribution in [2.24, 2.45) is 0 Å². The molecule has 2 heterocycles. The second kappa shape index (κ2) is 4.85. The van der Waals surface area contributed by atoms with Crippen molar-refractivity contribution in [3.8, 4) is 0 Å². The molecule has 0 unspecified atom stereocenters. The molecule has 5 heteroatoms. The first-order valence-corrected chi connectivity index (χ1v) is 5.78. The molecule has 0 radical (unpaired) electrons. The predicted octanol–water partition coefficient (Wildman–Crippen LogP) is 1.93. The van der Waals surface area contributed by atoms with E-state index in [0.29, 0.717) is 11.5 Å². The Morgan fingerprint density at radius 3 is 2.69 bits per heavy atom. The Hall–Kier alpha value is -1.75. The monoisotopic (exact) mass is 232 g/mol. The van der Waals surface area contributed by atoms with E-state index >= 15 is 0 Å². The lowest BCUT2D eigenvalue weighted by Crippen LogP contribution is -1.93. The molecular formula is C11H12N4S. The van der Waals surface area contributed by atoms with Crippen LogP contribution in [-0.4, -0.2) is 9.97 Å². The summed E-state index contributed by atoms with van der Waals surface area (Å²) in [7, 11) is 0. The van der Waals surface area contributed by atoms with Crippen molar-refractivity contribution in [2.75, 3.05) is 11.5 Å². The van der Waals surface area contributed by atoms with E-state index in [9.17, 15) is 0 Å². The van der Waals surface area contributed by atoms with Gasteiger partial charge in [0, 0.05) is 18.1 Å². The van der Waals surface area contributed by atoms with Crippen LogP contribution in [-0.2, 0) is 5.75 Å². The highest BCUT2D eigenvalue weighted by Crippen LogP contribution is 2.25. The van der Waals surface area contributed by atoms with Gasteiger partial charge in [-0.25, -0.2) is 9.97 Å². The van der Waals surface area contributed by atoms with E-state index in [1.54, 1.807) is 30.2 Å². The molecular weight excluding hydrogens is 220 g/mol. The van der Waals surface area contributed by atoms with Crippen LogP contribution in [0.15, 0.2) is 41.7 Å². The summed E-state index contributed by atoms with van der Waals surface area (Å²) < 4.78 is 0. The van der Waals surface area contributed by atoms with Gasteiger partial charge in [-0.05, 0) is 23.8 Å². The van der Waals surface area contributed by atoms with Gasteiger partial charge < -0.3 is 11.5 Å². The van der Waals surface area contributed by atoms with Crippen LogP contribution < -0.4 is 11.5 Å². The molecule has 0 aliphatic rings. The lowest BCUT2D eigenvalue weighted by molar-refractivity contribution is 1.14. The van der Waals surface area contributed by atoms with E-state index in [-0.39, 0.29) is 0 Å². The van der Waals surface area contributed by atoms with Crippen LogP contribution in [0.25, 0.3) is 0 Å². The molecule has 0 aromatic carbocycles. The summed E-state index contributed by atoms with van der Waals surface area (Å²) in [5.41, 5.74) is 13.1. The minimum Gasteiger partial charge on any atom is -0.397 e. The molecule has 0 spiro atoms. The summed E-state index contributed by atoms with van der Waals surface area (Å²) in [6.45, 7) is 0. The van der Waals surface area contributed by atoms with Crippen LogP contribution in [0.1, 0.15) is 5.56 Å². The van der Waals surface area contributed by atoms with Crippen molar-refractivity contribution in [3.05, 3.63) is 42.2 Å². The van der Waals surface area contributed by atoms with E-state index in [0.717, 1.165) is 16.3 Å². The maximum absolute atomic E-state index is 5.79. The number of nitrogen functional groups attached to an aromatic ring is 2. The minimum absolute atomic E-state index is 0.533. The molecule has 0 bridgehead atoms. The van der Waals surface area contributed by atoms with Crippen molar-refractivity contribution in [2.45, 2.75) is 10.8 Å². The maximum Gasteiger partial charge on any atom is 0.123 e. The highest BCUT2D eigenvalue weighted by atomic mass is 32.2. The van der Waals surface area contributed by atoms with E-state index in [2.05, 4.69) is 9.97 Å². The Morgan fingerprint density at radius 2 is 2.00 bits per heavy atom. The highest BCUT2D eigenvalue weighted by molar-refractivity contribution is 7.98. The largest absolute Gasteiger partial charge is 0.397 e. The fraction of sp³-hybridized carbons (Fsp3) is 0.0909. The molecule has 4 nitrogen and oxygen atoms in total. The first-order valence-electron chi connectivity index (χ1n) is 4.79. The van der Waals surface area contributed by atoms with Gasteiger partial charge in [0.05, 0.1) is 5.69 Å². The Kier molecular flexibility index (Phi) is 3.26. The normalized spacial score (nSPS) is 10.2. The molecule has 0 fully saturated rings. The number of nitrogens with two attached hydrogens (primary N) is 2. The molecule has 0 saturated heterocycles. The summed E-state index contributed by atoms with van der Waals surface area (Å²) in [5, 5.41) is 0.847. The summed E-state index contributed by atoms with van der Waals surface area (Å²) in [6, 6.07) is 7.41. The average Bonchev–Trinajstić information content (AvgIpc) is 2.30. The molecule has 2 aromatic rings. The smallest absolute Gasteiger partial charge is 0.123 e. The summed E-state index contributed by atoms with van der Waals surface area (Å²) in [4.78, 5) is 8.23. The molecule has 0 aliphatic heterocycles. The van der Waals surface area contributed by atoms with Crippen LogP contribution in [0.3, 0.4) is 0 Å². The quantitative estimate of drug-likeness (QED) is 0.791. The number of aromatic nitrogens is 2. The molecule has 82 valence electrons. The molecule has 0 amide bonds. The van der Waals surface area contributed by atoms with Crippen molar-refractivity contribution >= 4 is 23.3 Å². The third-order valence-electron chi connectivity index (χ3n) is 2.02. The van der Waals surface area contributed by atoms with Crippen LogP contribution in [0, 0.1) is 0 Å². The zero-order valence-corrected chi connectivity index (χ0v) is 9.45. The van der Waals surface area contributed by atoms with Gasteiger partial charge in [-0.15, -0.1) is 0 Å². The average molecular weight is 232 g/mol. The molecule has 16 heavy (non-hydrogen) atoms. The Bertz CT molecular complexity index is 470. The van der Waals surface area contributed by atoms with Gasteiger partial charge in [0.1, 0.15) is 10.8 Å². The third kappa shape index (κ3) is 2.64. The van der Waals surface area contributed by atoms with Gasteiger partial charge in [0.15, 0.2) is 0 Å². The summed E-state index contributed by atoms with van der Waals surface area (Å²) in [6.07, 6.45) is 3.50. The SMILES string of the molecule is Nc1ccc(CSc2ncccc2N)cn1. The predicted molar refractivity (Wildman–Crippen MR) is 66.9 cm³/mol. The van der Waals surface area contributed by atoms with Crippen molar-refractivity contribution in [3.63, 3.8) is 0 Å². The van der Waals surface area contributed by atoms with Gasteiger partial charge in [0.25, 0.3) is 0 Å². The highest BCUT2D eigenvalue weighted by Gasteiger charge is 2.01. The number of anilines is 2. The Morgan fingerprint density at radius 1 is 1.12 bits per heavy atom. The molecule has 2 aromatic heterocycles. The second-order valence-corrected chi connectivity index (χ2v) is 4.24. The topological polar surface area (TPSA) is 77.8 Å². The Balaban J connectivity index is 2.02. The van der Waals surface area contributed by atoms with Crippen molar-refractivity contribution in [1.29, 1.82) is 0 Å². The van der Waals surface area contributed by atoms with Gasteiger partial charge in [-0.2, -0.15) is 0 Å². The molecule has 4 N–H and O–H groups in total. The van der Waals surface area contributed by atoms with Crippen molar-refractivity contribution < 1.29 is 0 Å². The van der Waals surface area contributed by atoms with Gasteiger partial charge in [-0.1, -0.05) is 17.8 Å². The summed E-state index contributed by atoms with van der Waals surface area (Å²) in [5.74, 6) is 1.32. The number of pyridine rings is 2. The second-order valence-electron chi connectivity index (χ2n) is 3.28. The standard InChI is InChI=1S/C11H12N4S/c12-9-2-1-5-14-11(9)16-7-8-3-4-10(13)15-6-8/h1-6H,7,12H2,(H2,13,15). The van der Waals surface area contributed by atoms with Crippen LogP contribution in [0.5, 0.6) is 0 Å². The van der Waals surface area contributed by atoms with E-state index in [1.165, 1.54) is 0 Å². The van der Waals surface area contributed by atoms with E-state index in [1.807, 2.05) is 18.2 Å². The lowest BCUT2D eigenvalue weighted by atomic mass is 10.3. The van der Waals surface area contributed by atoms with E-state index in [4.69, 9.17) is 11.5 Å². The van der Waals surface area contributed by atoms with Crippen molar-refractivity contribution in [1.82, 2.24) is 9.97 Å². The van der Waals surface area contributed by atoms with Crippen LogP contribution in [0.2, 0.25) is 0 Å². The number of rotatable bonds is 3. The van der Waals surface area contributed by atoms with Crippen LogP contribution in [0.4, 0.5) is 11.5 Å². The fourth-order valence-corrected chi connectivity index (χ4v) is 2.04. The minimum atomic E-state index is 0.533. The van der Waals surface area contributed by atoms with Gasteiger partial charge in [0.2, 0.25) is 0 Å². The molecule has 0 saturated carbocycles. The van der Waals surface area contributed by atoms with Crippen LogP contribution >= 0.6 is 11.8 Å². The first kappa shape index (κ1) is 10.8. The number of nitrogens with zero attached hydrogens (tertiary/aromatic N) is 2. The molecule has 2 rings (SSSR count). The zero-order valence-electron chi connectivity index (χ0n) is 8.63. The molecule has 0 atom stereocenters. The Labute approximate surface area is 98.1 Å². The number of hydrogen-bond donors (Lipinski definition) is 2. The number of thioether (sulfide) groups is 1. The first-order chi connectivity index (χ1) is 7.75. The van der Waals surface area contributed by atoms with Gasteiger partial charge in [-0.3, -0.25) is 0 Å². The zero-order chi connectivity index (χ0) is 11.4. The fourth-order valence-electron chi connectivity index (χ4n) is 1.20. The third-order valence-corrected chi connectivity index (χ3v) is 3.12. The van der Waals surface area contributed by atoms with Gasteiger partial charge >= 0.3 is 0 Å². The molecule has 0 aliphatic carbocycles. The lowest BCUT2D eigenvalue weighted by Gasteiger charge is -2.03. The van der Waals surface area contributed by atoms with E-state index < -0.39 is 0 Å². The number of hydrogen-bond acceptors (Lipinski definition) is 5.